The summed E-state index contributed by atoms with van der Waals surface area (Å²) in [6.07, 6.45) is 2.61. The Labute approximate surface area is 140 Å². The van der Waals surface area contributed by atoms with Crippen LogP contribution in [0.3, 0.4) is 0 Å². The minimum absolute atomic E-state index is 0.0290. The van der Waals surface area contributed by atoms with Gasteiger partial charge in [0.05, 0.1) is 0 Å². The van der Waals surface area contributed by atoms with Gasteiger partial charge in [0, 0.05) is 19.5 Å². The number of piperidine rings is 1. The maximum absolute atomic E-state index is 13.1. The lowest BCUT2D eigenvalue weighted by molar-refractivity contribution is -0.136. The van der Waals surface area contributed by atoms with E-state index >= 15 is 0 Å². The number of hydrogen-bond acceptors (Lipinski definition) is 4. The minimum atomic E-state index is -0.504. The van der Waals surface area contributed by atoms with Gasteiger partial charge in [-0.05, 0) is 53.8 Å². The first-order chi connectivity index (χ1) is 11.5. The summed E-state index contributed by atoms with van der Waals surface area (Å²) in [5, 5.41) is 11.6. The molecule has 0 saturated carbocycles. The molecule has 2 heterocycles. The number of hydrogen-bond donors (Lipinski definition) is 0. The Bertz CT molecular complexity index is 699. The van der Waals surface area contributed by atoms with Crippen LogP contribution in [0.2, 0.25) is 0 Å². The molecule has 1 aromatic carbocycles. The highest BCUT2D eigenvalue weighted by atomic mass is 19.1. The number of aromatic nitrogens is 4. The van der Waals surface area contributed by atoms with E-state index in [1.807, 2.05) is 4.90 Å². The Morgan fingerprint density at radius 2 is 2.12 bits per heavy atom. The molecule has 3 rings (SSSR count). The monoisotopic (exact) mass is 331 g/mol. The highest BCUT2D eigenvalue weighted by Crippen LogP contribution is 2.22. The number of carbonyl (C=O) groups is 1. The summed E-state index contributed by atoms with van der Waals surface area (Å²) < 4.78 is 14.7. The first kappa shape index (κ1) is 16.5. The third-order valence-electron chi connectivity index (χ3n) is 4.55. The number of likely N-dealkylation sites (tertiary alicyclic amines) is 1. The van der Waals surface area contributed by atoms with E-state index in [1.54, 1.807) is 23.7 Å². The van der Waals surface area contributed by atoms with E-state index in [4.69, 9.17) is 0 Å². The fraction of sp³-hybridized carbons (Fsp3) is 0.529. The molecule has 1 aromatic heterocycles. The molecular formula is C17H22FN5O. The zero-order valence-electron chi connectivity index (χ0n) is 14.0. The van der Waals surface area contributed by atoms with Crippen LogP contribution in [0.1, 0.15) is 37.2 Å². The summed E-state index contributed by atoms with van der Waals surface area (Å²) in [6, 6.07) is 5.72. The molecule has 6 nitrogen and oxygen atoms in total. The topological polar surface area (TPSA) is 63.9 Å². The van der Waals surface area contributed by atoms with E-state index in [0.29, 0.717) is 18.2 Å². The van der Waals surface area contributed by atoms with E-state index in [1.165, 1.54) is 12.1 Å². The molecule has 0 aliphatic carbocycles. The summed E-state index contributed by atoms with van der Waals surface area (Å²) in [6.45, 7) is 5.48. The third-order valence-corrected chi connectivity index (χ3v) is 4.55. The second-order valence-electron chi connectivity index (χ2n) is 6.55. The average molecular weight is 331 g/mol. The maximum atomic E-state index is 13.1. The summed E-state index contributed by atoms with van der Waals surface area (Å²) in [4.78, 5) is 15.0. The zero-order chi connectivity index (χ0) is 17.1. The number of benzene rings is 1. The highest BCUT2D eigenvalue weighted by Gasteiger charge is 2.30. The molecule has 0 bridgehead atoms. The number of halogens is 1. The minimum Gasteiger partial charge on any atom is -0.341 e. The number of tetrazole rings is 1. The largest absolute Gasteiger partial charge is 0.341 e. The van der Waals surface area contributed by atoms with Crippen molar-refractivity contribution in [3.63, 3.8) is 0 Å². The lowest BCUT2D eigenvalue weighted by atomic mass is 9.98. The van der Waals surface area contributed by atoms with Gasteiger partial charge in [-0.25, -0.2) is 9.07 Å². The average Bonchev–Trinajstić information content (AvgIpc) is 2.99. The van der Waals surface area contributed by atoms with Crippen molar-refractivity contribution in [1.82, 2.24) is 25.1 Å². The quantitative estimate of drug-likeness (QED) is 0.861. The molecule has 0 spiro atoms. The molecule has 24 heavy (non-hydrogen) atoms. The summed E-state index contributed by atoms with van der Waals surface area (Å²) in [7, 11) is 0. The van der Waals surface area contributed by atoms with Gasteiger partial charge in [-0.3, -0.25) is 4.79 Å². The van der Waals surface area contributed by atoms with Crippen molar-refractivity contribution < 1.29 is 9.18 Å². The molecule has 7 heteroatoms. The maximum Gasteiger partial charge on any atom is 0.247 e. The van der Waals surface area contributed by atoms with E-state index < -0.39 is 6.04 Å². The molecule has 128 valence electrons. The third kappa shape index (κ3) is 3.60. The SMILES string of the molecule is Cc1nnnn1[C@H](Cc1ccc(F)cc1)C(=O)N1CCC[C@H](C)C1. The van der Waals surface area contributed by atoms with Gasteiger partial charge in [-0.15, -0.1) is 5.10 Å². The van der Waals surface area contributed by atoms with Crippen molar-refractivity contribution in [2.45, 2.75) is 39.2 Å². The second-order valence-corrected chi connectivity index (χ2v) is 6.55. The molecule has 0 unspecified atom stereocenters. The van der Waals surface area contributed by atoms with Crippen molar-refractivity contribution in [3.8, 4) is 0 Å². The van der Waals surface area contributed by atoms with Gasteiger partial charge in [0.15, 0.2) is 0 Å². The van der Waals surface area contributed by atoms with Gasteiger partial charge < -0.3 is 4.90 Å². The Balaban J connectivity index is 1.85. The van der Waals surface area contributed by atoms with Crippen molar-refractivity contribution >= 4 is 5.91 Å². The first-order valence-electron chi connectivity index (χ1n) is 8.32. The van der Waals surface area contributed by atoms with Crippen LogP contribution in [-0.2, 0) is 11.2 Å². The molecule has 1 amide bonds. The fourth-order valence-corrected chi connectivity index (χ4v) is 3.25. The standard InChI is InChI=1S/C17H22FN5O/c1-12-4-3-9-22(11-12)17(24)16(23-13(2)19-20-21-23)10-14-5-7-15(18)8-6-14/h5-8,12,16H,3-4,9-11H2,1-2H3/t12-,16+/m0/s1. The van der Waals surface area contributed by atoms with Gasteiger partial charge in [0.25, 0.3) is 0 Å². The van der Waals surface area contributed by atoms with E-state index in [2.05, 4.69) is 22.4 Å². The summed E-state index contributed by atoms with van der Waals surface area (Å²) in [5.41, 5.74) is 0.884. The smallest absolute Gasteiger partial charge is 0.247 e. The molecule has 1 aliphatic heterocycles. The van der Waals surface area contributed by atoms with Gasteiger partial charge >= 0.3 is 0 Å². The molecule has 1 saturated heterocycles. The second kappa shape index (κ2) is 7.07. The Morgan fingerprint density at radius 1 is 1.38 bits per heavy atom. The van der Waals surface area contributed by atoms with E-state index in [0.717, 1.165) is 31.5 Å². The lowest BCUT2D eigenvalue weighted by Crippen LogP contribution is -2.44. The van der Waals surface area contributed by atoms with Crippen LogP contribution in [0.4, 0.5) is 4.39 Å². The van der Waals surface area contributed by atoms with Crippen molar-refractivity contribution in [1.29, 1.82) is 0 Å². The Kier molecular flexibility index (Phi) is 4.87. The summed E-state index contributed by atoms with van der Waals surface area (Å²) in [5.74, 6) is 0.844. The van der Waals surface area contributed by atoms with Crippen LogP contribution >= 0.6 is 0 Å². The Hall–Kier alpha value is -2.31. The molecule has 1 aliphatic rings. The van der Waals surface area contributed by atoms with Crippen LogP contribution in [0.15, 0.2) is 24.3 Å². The van der Waals surface area contributed by atoms with Crippen LogP contribution in [0.5, 0.6) is 0 Å². The van der Waals surface area contributed by atoms with Gasteiger partial charge in [-0.2, -0.15) is 0 Å². The van der Waals surface area contributed by atoms with Crippen LogP contribution in [0, 0.1) is 18.7 Å². The first-order valence-corrected chi connectivity index (χ1v) is 8.32. The normalized spacial score (nSPS) is 19.3. The van der Waals surface area contributed by atoms with Crippen LogP contribution < -0.4 is 0 Å². The molecule has 1 fully saturated rings. The predicted molar refractivity (Wildman–Crippen MR) is 86.7 cm³/mol. The molecule has 2 aromatic rings. The fourth-order valence-electron chi connectivity index (χ4n) is 3.25. The van der Waals surface area contributed by atoms with Gasteiger partial charge in [0.2, 0.25) is 5.91 Å². The number of aryl methyl sites for hydroxylation is 1. The van der Waals surface area contributed by atoms with Crippen molar-refractivity contribution in [2.75, 3.05) is 13.1 Å². The van der Waals surface area contributed by atoms with Crippen LogP contribution in [0.25, 0.3) is 0 Å². The van der Waals surface area contributed by atoms with Gasteiger partial charge in [0.1, 0.15) is 17.7 Å². The van der Waals surface area contributed by atoms with Gasteiger partial charge in [-0.1, -0.05) is 19.1 Å². The summed E-state index contributed by atoms with van der Waals surface area (Å²) >= 11 is 0. The number of amides is 1. The van der Waals surface area contributed by atoms with Crippen molar-refractivity contribution in [2.24, 2.45) is 5.92 Å². The van der Waals surface area contributed by atoms with Crippen LogP contribution in [-0.4, -0.2) is 44.1 Å². The molecule has 2 atom stereocenters. The zero-order valence-corrected chi connectivity index (χ0v) is 14.0. The number of carbonyl (C=O) groups excluding carboxylic acids is 1. The van der Waals surface area contributed by atoms with E-state index in [9.17, 15) is 9.18 Å². The number of rotatable bonds is 4. The predicted octanol–water partition coefficient (Wildman–Crippen LogP) is 2.16. The lowest BCUT2D eigenvalue weighted by Gasteiger charge is -2.33. The highest BCUT2D eigenvalue weighted by molar-refractivity contribution is 5.80. The molecular weight excluding hydrogens is 309 g/mol. The Morgan fingerprint density at radius 3 is 2.75 bits per heavy atom. The number of nitrogens with zero attached hydrogens (tertiary/aromatic N) is 5. The molecule has 0 radical (unpaired) electrons. The molecule has 0 N–H and O–H groups in total. The van der Waals surface area contributed by atoms with E-state index in [-0.39, 0.29) is 11.7 Å². The van der Waals surface area contributed by atoms with Crippen molar-refractivity contribution in [3.05, 3.63) is 41.5 Å².